The lowest BCUT2D eigenvalue weighted by Gasteiger charge is -2.23. The number of aryl methyl sites for hydroxylation is 1. The van der Waals surface area contributed by atoms with E-state index in [-0.39, 0.29) is 5.78 Å². The zero-order valence-corrected chi connectivity index (χ0v) is 18.5. The summed E-state index contributed by atoms with van der Waals surface area (Å²) in [5.74, 6) is 1.10. The van der Waals surface area contributed by atoms with E-state index in [4.69, 9.17) is 16.6 Å². The van der Waals surface area contributed by atoms with E-state index in [0.29, 0.717) is 34.8 Å². The zero-order valence-electron chi connectivity index (χ0n) is 17.7. The number of pyridine rings is 2. The van der Waals surface area contributed by atoms with Crippen molar-refractivity contribution >= 4 is 40.5 Å². The Labute approximate surface area is 187 Å². The first-order valence-electron chi connectivity index (χ1n) is 11.0. The predicted molar refractivity (Wildman–Crippen MR) is 125 cm³/mol. The Morgan fingerprint density at radius 1 is 1.06 bits per heavy atom. The summed E-state index contributed by atoms with van der Waals surface area (Å²) in [5, 5.41) is 0.571. The molecule has 0 unspecified atom stereocenters. The molecule has 1 aliphatic heterocycles. The first kappa shape index (κ1) is 20.2. The molecule has 3 aromatic heterocycles. The molecule has 0 radical (unpaired) electrons. The van der Waals surface area contributed by atoms with E-state index in [2.05, 4.69) is 33.8 Å². The molecular formula is C24H26ClN5O. The van der Waals surface area contributed by atoms with Gasteiger partial charge in [-0.15, -0.1) is 0 Å². The maximum Gasteiger partial charge on any atom is 0.165 e. The number of allylic oxidation sites excluding steroid dienone is 1. The molecule has 4 heterocycles. The monoisotopic (exact) mass is 435 g/mol. The van der Waals surface area contributed by atoms with Crippen molar-refractivity contribution in [2.75, 3.05) is 37.6 Å². The lowest BCUT2D eigenvalue weighted by atomic mass is 10.1. The van der Waals surface area contributed by atoms with Gasteiger partial charge in [-0.25, -0.2) is 9.97 Å². The molecule has 1 aliphatic carbocycles. The molecule has 0 bridgehead atoms. The second kappa shape index (κ2) is 8.44. The fourth-order valence-corrected chi connectivity index (χ4v) is 4.67. The van der Waals surface area contributed by atoms with Crippen molar-refractivity contribution in [1.82, 2.24) is 19.3 Å². The molecule has 1 fully saturated rings. The van der Waals surface area contributed by atoms with Crippen LogP contribution in [0, 0.1) is 0 Å². The maximum atomic E-state index is 13.0. The standard InChI is InChI=1S/C24H26ClN5O/c1-2-28-10-4-12-29(14-13-28)23-9-6-17-15-18(22(31)8-7-20(17)26-23)21-16-30-11-3-5-19(25)24(30)27-21/h3,5-6,9,11,15-16H,2,4,7-8,10,12-14H2,1H3. The van der Waals surface area contributed by atoms with Gasteiger partial charge in [0.1, 0.15) is 5.82 Å². The Balaban J connectivity index is 1.47. The van der Waals surface area contributed by atoms with Crippen LogP contribution in [0.2, 0.25) is 5.02 Å². The summed E-state index contributed by atoms with van der Waals surface area (Å²) in [6, 6.07) is 7.86. The Morgan fingerprint density at radius 3 is 2.81 bits per heavy atom. The summed E-state index contributed by atoms with van der Waals surface area (Å²) in [7, 11) is 0. The number of Topliss-reactive ketones (excluding diaryl/α,β-unsaturated/α-hetero) is 1. The fourth-order valence-electron chi connectivity index (χ4n) is 4.45. The van der Waals surface area contributed by atoms with Gasteiger partial charge in [0.25, 0.3) is 0 Å². The van der Waals surface area contributed by atoms with Gasteiger partial charge in [0.05, 0.1) is 16.4 Å². The van der Waals surface area contributed by atoms with Gasteiger partial charge in [0.15, 0.2) is 11.4 Å². The Bertz CT molecular complexity index is 1170. The minimum absolute atomic E-state index is 0.0902. The van der Waals surface area contributed by atoms with Crippen LogP contribution in [0.15, 0.2) is 36.7 Å². The molecule has 5 rings (SSSR count). The summed E-state index contributed by atoms with van der Waals surface area (Å²) in [4.78, 5) is 27.4. The van der Waals surface area contributed by atoms with Crippen molar-refractivity contribution in [3.8, 4) is 0 Å². The predicted octanol–water partition coefficient (Wildman–Crippen LogP) is 3.97. The molecule has 31 heavy (non-hydrogen) atoms. The van der Waals surface area contributed by atoms with Gasteiger partial charge >= 0.3 is 0 Å². The van der Waals surface area contributed by atoms with Crippen molar-refractivity contribution in [3.63, 3.8) is 0 Å². The number of rotatable bonds is 3. The zero-order chi connectivity index (χ0) is 21.4. The molecule has 0 amide bonds. The molecule has 6 nitrogen and oxygen atoms in total. The van der Waals surface area contributed by atoms with Crippen molar-refractivity contribution in [2.24, 2.45) is 0 Å². The van der Waals surface area contributed by atoms with E-state index in [1.54, 1.807) is 6.07 Å². The number of hydrogen-bond acceptors (Lipinski definition) is 5. The molecule has 2 aliphatic rings. The minimum atomic E-state index is 0.0902. The number of fused-ring (bicyclic) bond motifs is 2. The highest BCUT2D eigenvalue weighted by Crippen LogP contribution is 2.29. The third kappa shape index (κ3) is 3.98. The number of imidazole rings is 1. The Hall–Kier alpha value is -2.70. The van der Waals surface area contributed by atoms with Crippen LogP contribution in [0.3, 0.4) is 0 Å². The largest absolute Gasteiger partial charge is 0.355 e. The smallest absolute Gasteiger partial charge is 0.165 e. The number of halogens is 1. The molecule has 0 atom stereocenters. The van der Waals surface area contributed by atoms with Crippen LogP contribution >= 0.6 is 11.6 Å². The van der Waals surface area contributed by atoms with Crippen molar-refractivity contribution < 1.29 is 4.79 Å². The SMILES string of the molecule is CCN1CCCN(c2ccc3c(n2)CCC(=O)C(c2cn4cccc(Cl)c4n2)=C3)CC1. The summed E-state index contributed by atoms with van der Waals surface area (Å²) in [5.41, 5.74) is 3.92. The number of likely N-dealkylation sites (N-methyl/N-ethyl adjacent to an activating group) is 1. The molecular weight excluding hydrogens is 410 g/mol. The van der Waals surface area contributed by atoms with Crippen molar-refractivity contribution in [3.05, 3.63) is 58.6 Å². The highest BCUT2D eigenvalue weighted by molar-refractivity contribution is 6.33. The van der Waals surface area contributed by atoms with E-state index in [9.17, 15) is 4.79 Å². The summed E-state index contributed by atoms with van der Waals surface area (Å²) in [6.45, 7) is 7.52. The van der Waals surface area contributed by atoms with Gasteiger partial charge in [-0.3, -0.25) is 4.79 Å². The maximum absolute atomic E-state index is 13.0. The van der Waals surface area contributed by atoms with Crippen LogP contribution in [0.5, 0.6) is 0 Å². The van der Waals surface area contributed by atoms with Crippen LogP contribution in [0.4, 0.5) is 5.82 Å². The normalized spacial score (nSPS) is 17.9. The lowest BCUT2D eigenvalue weighted by molar-refractivity contribution is -0.113. The van der Waals surface area contributed by atoms with E-state index >= 15 is 0 Å². The number of carbonyl (C=O) groups is 1. The van der Waals surface area contributed by atoms with Crippen LogP contribution in [-0.4, -0.2) is 57.8 Å². The summed E-state index contributed by atoms with van der Waals surface area (Å²) >= 11 is 6.27. The van der Waals surface area contributed by atoms with Gasteiger partial charge in [0.2, 0.25) is 0 Å². The minimum Gasteiger partial charge on any atom is -0.355 e. The Kier molecular flexibility index (Phi) is 5.50. The van der Waals surface area contributed by atoms with Gasteiger partial charge in [-0.1, -0.05) is 18.5 Å². The van der Waals surface area contributed by atoms with Gasteiger partial charge in [-0.05, 0) is 61.8 Å². The molecule has 7 heteroatoms. The third-order valence-electron chi connectivity index (χ3n) is 6.25. The molecule has 1 saturated heterocycles. The summed E-state index contributed by atoms with van der Waals surface area (Å²) < 4.78 is 1.86. The van der Waals surface area contributed by atoms with Gasteiger partial charge in [0, 0.05) is 44.0 Å². The second-order valence-electron chi connectivity index (χ2n) is 8.17. The van der Waals surface area contributed by atoms with Crippen LogP contribution in [0.25, 0.3) is 17.3 Å². The highest BCUT2D eigenvalue weighted by Gasteiger charge is 2.22. The molecule has 0 saturated carbocycles. The van der Waals surface area contributed by atoms with E-state index < -0.39 is 0 Å². The van der Waals surface area contributed by atoms with E-state index in [1.807, 2.05) is 28.9 Å². The van der Waals surface area contributed by atoms with Crippen molar-refractivity contribution in [2.45, 2.75) is 26.2 Å². The lowest BCUT2D eigenvalue weighted by Crippen LogP contribution is -2.31. The first-order chi connectivity index (χ1) is 15.1. The molecule has 160 valence electrons. The number of ketones is 1. The number of aromatic nitrogens is 3. The number of nitrogens with zero attached hydrogens (tertiary/aromatic N) is 5. The fraction of sp³-hybridized carbons (Fsp3) is 0.375. The molecule has 3 aromatic rings. The van der Waals surface area contributed by atoms with E-state index in [1.165, 1.54) is 0 Å². The number of anilines is 1. The van der Waals surface area contributed by atoms with Gasteiger partial charge < -0.3 is 14.2 Å². The molecule has 0 spiro atoms. The number of carbonyl (C=O) groups excluding carboxylic acids is 1. The molecule has 0 N–H and O–H groups in total. The average Bonchev–Trinajstić information content (AvgIpc) is 2.97. The van der Waals surface area contributed by atoms with Crippen LogP contribution in [0.1, 0.15) is 36.7 Å². The summed E-state index contributed by atoms with van der Waals surface area (Å²) in [6.07, 6.45) is 7.92. The number of hydrogen-bond donors (Lipinski definition) is 0. The highest BCUT2D eigenvalue weighted by atomic mass is 35.5. The first-order valence-corrected chi connectivity index (χ1v) is 11.4. The Morgan fingerprint density at radius 2 is 1.97 bits per heavy atom. The molecule has 0 aromatic carbocycles. The average molecular weight is 436 g/mol. The van der Waals surface area contributed by atoms with Crippen LogP contribution < -0.4 is 4.90 Å². The van der Waals surface area contributed by atoms with Crippen molar-refractivity contribution in [1.29, 1.82) is 0 Å². The van der Waals surface area contributed by atoms with E-state index in [0.717, 1.165) is 56.2 Å². The quantitative estimate of drug-likeness (QED) is 0.623. The second-order valence-corrected chi connectivity index (χ2v) is 8.58. The third-order valence-corrected chi connectivity index (χ3v) is 6.55. The topological polar surface area (TPSA) is 53.7 Å². The van der Waals surface area contributed by atoms with Crippen LogP contribution in [-0.2, 0) is 11.2 Å². The van der Waals surface area contributed by atoms with Gasteiger partial charge in [-0.2, -0.15) is 0 Å².